The van der Waals surface area contributed by atoms with Crippen LogP contribution >= 0.6 is 24.0 Å². The number of hydrogen-bond acceptors (Lipinski definition) is 5. The zero-order valence-electron chi connectivity index (χ0n) is 10.0. The van der Waals surface area contributed by atoms with Crippen molar-refractivity contribution < 1.29 is 9.72 Å². The first kappa shape index (κ1) is 13.7. The van der Waals surface area contributed by atoms with Crippen molar-refractivity contribution in [2.24, 2.45) is 0 Å². The molecule has 1 fully saturated rings. The maximum atomic E-state index is 11.5. The second kappa shape index (κ2) is 5.50. The van der Waals surface area contributed by atoms with E-state index in [9.17, 15) is 14.9 Å². The standard InChI is InChI=1S/C12H10N2O3S2/c1-2-8-4-3-7(5-9(8)14(16)17)6-10-11(15)13-12(18)19-10/h3-6H,2H2,1H3,(H,13,15,18). The van der Waals surface area contributed by atoms with Gasteiger partial charge < -0.3 is 5.32 Å². The molecule has 1 heterocycles. The molecule has 5 nitrogen and oxygen atoms in total. The van der Waals surface area contributed by atoms with E-state index in [0.29, 0.717) is 26.8 Å². The number of rotatable bonds is 3. The van der Waals surface area contributed by atoms with Gasteiger partial charge in [0.2, 0.25) is 0 Å². The van der Waals surface area contributed by atoms with Crippen LogP contribution in [0.1, 0.15) is 18.1 Å². The Kier molecular flexibility index (Phi) is 3.96. The zero-order valence-corrected chi connectivity index (χ0v) is 11.6. The zero-order chi connectivity index (χ0) is 14.0. The van der Waals surface area contributed by atoms with Gasteiger partial charge in [0.1, 0.15) is 4.32 Å². The van der Waals surface area contributed by atoms with E-state index in [1.807, 2.05) is 6.92 Å². The SMILES string of the molecule is CCc1ccc(C=C2SC(=S)NC2=O)cc1[N+](=O)[O-]. The van der Waals surface area contributed by atoms with Crippen LogP contribution in [0.25, 0.3) is 6.08 Å². The Labute approximate surface area is 119 Å². The van der Waals surface area contributed by atoms with Crippen LogP contribution in [0.5, 0.6) is 0 Å². The highest BCUT2D eigenvalue weighted by Gasteiger charge is 2.22. The number of nitro groups is 1. The summed E-state index contributed by atoms with van der Waals surface area (Å²) in [4.78, 5) is 22.5. The monoisotopic (exact) mass is 294 g/mol. The van der Waals surface area contributed by atoms with Gasteiger partial charge in [-0.15, -0.1) is 0 Å². The molecule has 1 saturated heterocycles. The highest BCUT2D eigenvalue weighted by atomic mass is 32.2. The second-order valence-corrected chi connectivity index (χ2v) is 5.57. The van der Waals surface area contributed by atoms with E-state index in [0.717, 1.165) is 11.8 Å². The predicted octanol–water partition coefficient (Wildman–Crippen LogP) is 2.65. The smallest absolute Gasteiger partial charge is 0.273 e. The van der Waals surface area contributed by atoms with Crippen LogP contribution in [0.4, 0.5) is 5.69 Å². The number of thioether (sulfide) groups is 1. The number of carbonyl (C=O) groups is 1. The van der Waals surface area contributed by atoms with Gasteiger partial charge in [-0.3, -0.25) is 14.9 Å². The highest BCUT2D eigenvalue weighted by Crippen LogP contribution is 2.28. The molecule has 0 saturated carbocycles. The summed E-state index contributed by atoms with van der Waals surface area (Å²) in [5.41, 5.74) is 1.36. The van der Waals surface area contributed by atoms with Gasteiger partial charge in [-0.1, -0.05) is 43.0 Å². The minimum atomic E-state index is -0.409. The molecule has 0 bridgehead atoms. The van der Waals surface area contributed by atoms with Gasteiger partial charge in [0, 0.05) is 11.6 Å². The van der Waals surface area contributed by atoms with Crippen molar-refractivity contribution in [3.63, 3.8) is 0 Å². The Morgan fingerprint density at radius 3 is 2.79 bits per heavy atom. The molecule has 7 heteroatoms. The van der Waals surface area contributed by atoms with Crippen molar-refractivity contribution in [3.8, 4) is 0 Å². The third-order valence-corrected chi connectivity index (χ3v) is 3.79. The van der Waals surface area contributed by atoms with Crippen LogP contribution < -0.4 is 5.32 Å². The summed E-state index contributed by atoms with van der Waals surface area (Å²) in [7, 11) is 0. The number of carbonyl (C=O) groups excluding carboxylic acids is 1. The van der Waals surface area contributed by atoms with Crippen LogP contribution in [0.15, 0.2) is 23.1 Å². The van der Waals surface area contributed by atoms with Gasteiger partial charge in [-0.05, 0) is 18.1 Å². The lowest BCUT2D eigenvalue weighted by Crippen LogP contribution is -2.17. The molecule has 1 aromatic carbocycles. The van der Waals surface area contributed by atoms with Gasteiger partial charge in [0.25, 0.3) is 11.6 Å². The van der Waals surface area contributed by atoms with E-state index in [-0.39, 0.29) is 11.6 Å². The van der Waals surface area contributed by atoms with Crippen LogP contribution in [-0.4, -0.2) is 15.2 Å². The summed E-state index contributed by atoms with van der Waals surface area (Å²) < 4.78 is 0.399. The number of thiocarbonyl (C=S) groups is 1. The second-order valence-electron chi connectivity index (χ2n) is 3.85. The Morgan fingerprint density at radius 1 is 1.53 bits per heavy atom. The normalized spacial score (nSPS) is 16.8. The molecule has 2 rings (SSSR count). The molecule has 0 aliphatic carbocycles. The van der Waals surface area contributed by atoms with Gasteiger partial charge in [0.15, 0.2) is 0 Å². The molecular weight excluding hydrogens is 284 g/mol. The molecule has 1 aliphatic rings. The fourth-order valence-corrected chi connectivity index (χ4v) is 2.76. The molecule has 0 unspecified atom stereocenters. The van der Waals surface area contributed by atoms with Crippen molar-refractivity contribution in [3.05, 3.63) is 44.3 Å². The van der Waals surface area contributed by atoms with E-state index in [4.69, 9.17) is 12.2 Å². The molecule has 0 spiro atoms. The summed E-state index contributed by atoms with van der Waals surface area (Å²) in [6, 6.07) is 4.94. The van der Waals surface area contributed by atoms with Crippen molar-refractivity contribution in [1.82, 2.24) is 5.32 Å². The van der Waals surface area contributed by atoms with E-state index < -0.39 is 4.92 Å². The molecule has 0 radical (unpaired) electrons. The number of nitrogens with one attached hydrogen (secondary N) is 1. The van der Waals surface area contributed by atoms with Crippen molar-refractivity contribution in [2.75, 3.05) is 0 Å². The van der Waals surface area contributed by atoms with E-state index in [2.05, 4.69) is 5.32 Å². The quantitative estimate of drug-likeness (QED) is 0.401. The van der Waals surface area contributed by atoms with E-state index >= 15 is 0 Å². The first-order chi connectivity index (χ1) is 9.01. The molecule has 0 atom stereocenters. The molecule has 0 aromatic heterocycles. The molecule has 1 aliphatic heterocycles. The largest absolute Gasteiger partial charge is 0.307 e. The third-order valence-electron chi connectivity index (χ3n) is 2.63. The summed E-state index contributed by atoms with van der Waals surface area (Å²) in [6.07, 6.45) is 2.19. The van der Waals surface area contributed by atoms with Gasteiger partial charge in [-0.25, -0.2) is 0 Å². The Bertz CT molecular complexity index is 611. The lowest BCUT2D eigenvalue weighted by atomic mass is 10.1. The lowest BCUT2D eigenvalue weighted by molar-refractivity contribution is -0.385. The minimum absolute atomic E-state index is 0.0721. The molecule has 1 aromatic rings. The minimum Gasteiger partial charge on any atom is -0.307 e. The van der Waals surface area contributed by atoms with Crippen molar-refractivity contribution in [2.45, 2.75) is 13.3 Å². The molecule has 1 N–H and O–H groups in total. The molecule has 1 amide bonds. The fourth-order valence-electron chi connectivity index (χ4n) is 1.71. The van der Waals surface area contributed by atoms with E-state index in [1.54, 1.807) is 18.2 Å². The van der Waals surface area contributed by atoms with E-state index in [1.165, 1.54) is 6.07 Å². The van der Waals surface area contributed by atoms with Crippen LogP contribution in [0.3, 0.4) is 0 Å². The van der Waals surface area contributed by atoms with Crippen LogP contribution in [-0.2, 0) is 11.2 Å². The van der Waals surface area contributed by atoms with Gasteiger partial charge in [0.05, 0.1) is 9.83 Å². The fraction of sp³-hybridized carbons (Fsp3) is 0.167. The third kappa shape index (κ3) is 2.99. The first-order valence-electron chi connectivity index (χ1n) is 5.53. The Hall–Kier alpha value is -1.73. The number of nitrogens with zero attached hydrogens (tertiary/aromatic N) is 1. The van der Waals surface area contributed by atoms with Crippen molar-refractivity contribution >= 4 is 46.0 Å². The predicted molar refractivity (Wildman–Crippen MR) is 78.8 cm³/mol. The van der Waals surface area contributed by atoms with Gasteiger partial charge >= 0.3 is 0 Å². The number of nitro benzene ring substituents is 1. The average Bonchev–Trinajstić information content (AvgIpc) is 2.67. The number of benzene rings is 1. The molecule has 19 heavy (non-hydrogen) atoms. The lowest BCUT2D eigenvalue weighted by Gasteiger charge is -2.01. The van der Waals surface area contributed by atoms with Gasteiger partial charge in [-0.2, -0.15) is 0 Å². The molecule has 98 valence electrons. The summed E-state index contributed by atoms with van der Waals surface area (Å²) >= 11 is 6.03. The maximum absolute atomic E-state index is 11.5. The van der Waals surface area contributed by atoms with Crippen molar-refractivity contribution in [1.29, 1.82) is 0 Å². The maximum Gasteiger partial charge on any atom is 0.273 e. The number of hydrogen-bond donors (Lipinski definition) is 1. The highest BCUT2D eigenvalue weighted by molar-refractivity contribution is 8.26. The summed E-state index contributed by atoms with van der Waals surface area (Å²) in [6.45, 7) is 1.86. The summed E-state index contributed by atoms with van der Waals surface area (Å²) in [5, 5.41) is 13.5. The topological polar surface area (TPSA) is 72.2 Å². The van der Waals surface area contributed by atoms with Crippen LogP contribution in [0, 0.1) is 10.1 Å². The summed E-state index contributed by atoms with van der Waals surface area (Å²) in [5.74, 6) is -0.266. The van der Waals surface area contributed by atoms with Crippen LogP contribution in [0.2, 0.25) is 0 Å². The Morgan fingerprint density at radius 2 is 2.26 bits per heavy atom. The first-order valence-corrected chi connectivity index (χ1v) is 6.76. The number of aryl methyl sites for hydroxylation is 1. The molecular formula is C12H10N2O3S2. The average molecular weight is 294 g/mol. The Balaban J connectivity index is 2.39. The number of amides is 1.